The molecule has 2 saturated heterocycles. The van der Waals surface area contributed by atoms with Gasteiger partial charge in [-0.25, -0.2) is 4.98 Å². The van der Waals surface area contributed by atoms with Crippen molar-refractivity contribution in [2.45, 2.75) is 38.0 Å². The van der Waals surface area contributed by atoms with Crippen molar-refractivity contribution in [3.8, 4) is 5.75 Å². The van der Waals surface area contributed by atoms with E-state index in [0.717, 1.165) is 44.7 Å². The first-order chi connectivity index (χ1) is 20.1. The Morgan fingerprint density at radius 3 is 2.43 bits per heavy atom. The van der Waals surface area contributed by atoms with Crippen LogP contribution < -0.4 is 25.6 Å². The number of alkyl halides is 3. The monoisotopic (exact) mass is 623 g/mol. The van der Waals surface area contributed by atoms with Gasteiger partial charge in [-0.3, -0.25) is 14.4 Å². The summed E-state index contributed by atoms with van der Waals surface area (Å²) in [7, 11) is 0. The number of nitrogens with one attached hydrogen (secondary N) is 3. The van der Waals surface area contributed by atoms with E-state index < -0.39 is 12.5 Å². The molecule has 2 fully saturated rings. The number of anilines is 3. The molecule has 5 rings (SSSR count). The van der Waals surface area contributed by atoms with Crippen molar-refractivity contribution in [1.82, 2.24) is 10.3 Å². The smallest absolute Gasteiger partial charge is 0.446 e. The second kappa shape index (κ2) is 14.5. The van der Waals surface area contributed by atoms with E-state index in [0.29, 0.717) is 32.7 Å². The molecule has 0 unspecified atom stereocenters. The Morgan fingerprint density at radius 1 is 1.07 bits per heavy atom. The normalized spacial score (nSPS) is 15.4. The average Bonchev–Trinajstić information content (AvgIpc) is 3.68. The van der Waals surface area contributed by atoms with Crippen LogP contribution in [0.25, 0.3) is 0 Å². The summed E-state index contributed by atoms with van der Waals surface area (Å²) in [6, 6.07) is 10.8. The summed E-state index contributed by atoms with van der Waals surface area (Å²) < 4.78 is 37.6. The van der Waals surface area contributed by atoms with Crippen LogP contribution in [0.4, 0.5) is 30.4 Å². The molecule has 2 aliphatic heterocycles. The van der Waals surface area contributed by atoms with Crippen LogP contribution in [0, 0.1) is 0 Å². The molecule has 0 spiro atoms. The van der Waals surface area contributed by atoms with Gasteiger partial charge in [0.15, 0.2) is 0 Å². The highest BCUT2D eigenvalue weighted by molar-refractivity contribution is 7.12. The summed E-state index contributed by atoms with van der Waals surface area (Å²) in [6.07, 6.45) is -0.0639. The number of nitrogens with zero attached hydrogens (tertiary/aromatic N) is 2. The third kappa shape index (κ3) is 8.91. The maximum Gasteiger partial charge on any atom is 0.446 e. The minimum atomic E-state index is -4.64. The Morgan fingerprint density at radius 2 is 1.79 bits per heavy atom. The lowest BCUT2D eigenvalue weighted by Crippen LogP contribution is -2.34. The van der Waals surface area contributed by atoms with E-state index >= 15 is 0 Å². The number of hydrogen-bond acceptors (Lipinski definition) is 8. The average molecular weight is 624 g/mol. The number of ether oxygens (including phenoxy) is 1. The fourth-order valence-electron chi connectivity index (χ4n) is 4.46. The molecule has 0 aliphatic carbocycles. The third-order valence-corrected chi connectivity index (χ3v) is 7.62. The quantitative estimate of drug-likeness (QED) is 0.286. The molecule has 0 saturated carbocycles. The number of halogens is 4. The molecule has 14 heteroatoms. The minimum absolute atomic E-state index is 0.0565. The largest absolute Gasteiger partial charge is 0.489 e. The van der Waals surface area contributed by atoms with Crippen molar-refractivity contribution >= 4 is 58.2 Å². The molecule has 2 amide bonds. The van der Waals surface area contributed by atoms with Crippen molar-refractivity contribution in [3.63, 3.8) is 0 Å². The lowest BCUT2D eigenvalue weighted by molar-refractivity contribution is -0.156. The molecular formula is C28H29ClF3N5O4S. The number of pyridine rings is 1. The van der Waals surface area contributed by atoms with Gasteiger partial charge in [0.05, 0.1) is 16.3 Å². The first kappa shape index (κ1) is 31.3. The molecule has 3 N–H and O–H groups in total. The number of benzene rings is 1. The molecule has 2 aliphatic rings. The number of carbonyl (C=O) groups excluding carboxylic acids is 3. The summed E-state index contributed by atoms with van der Waals surface area (Å²) in [5.41, 5.74) is 1.96. The van der Waals surface area contributed by atoms with Gasteiger partial charge < -0.3 is 25.6 Å². The number of thiophene rings is 1. The minimum Gasteiger partial charge on any atom is -0.489 e. The van der Waals surface area contributed by atoms with E-state index in [1.165, 1.54) is 30.4 Å². The standard InChI is InChI=1S/C26H28ClN5O3S.C2HF3O/c27-17-3-6-23(29-16-17)31-26(34)24-21(9-14-36-24)30-25(33)20-5-4-18(32-12-1-2-13-32)15-22(20)35-19-7-10-28-11-8-19;3-2(4,5)1-6/h3-6,9,14-16,19,28H,1-2,7-8,10-13H2,(H,30,33)(H,29,31,34);1H. The van der Waals surface area contributed by atoms with E-state index in [1.54, 1.807) is 23.6 Å². The van der Waals surface area contributed by atoms with Gasteiger partial charge in [0.1, 0.15) is 22.5 Å². The van der Waals surface area contributed by atoms with Gasteiger partial charge in [-0.05, 0) is 74.5 Å². The predicted molar refractivity (Wildman–Crippen MR) is 156 cm³/mol. The van der Waals surface area contributed by atoms with Crippen molar-refractivity contribution < 1.29 is 32.3 Å². The van der Waals surface area contributed by atoms with Gasteiger partial charge >= 0.3 is 6.18 Å². The first-order valence-electron chi connectivity index (χ1n) is 13.2. The molecule has 4 heterocycles. The van der Waals surface area contributed by atoms with Crippen LogP contribution >= 0.6 is 22.9 Å². The van der Waals surface area contributed by atoms with Gasteiger partial charge in [-0.1, -0.05) is 11.6 Å². The Labute approximate surface area is 249 Å². The SMILES string of the molecule is O=C(Nc1ccsc1C(=O)Nc1ccc(Cl)cn1)c1ccc(N2CCCC2)cc1OC1CCNCC1.O=CC(F)(F)F. The van der Waals surface area contributed by atoms with Crippen LogP contribution in [0.15, 0.2) is 48.0 Å². The second-order valence-corrected chi connectivity index (χ2v) is 10.9. The van der Waals surface area contributed by atoms with E-state index in [-0.39, 0.29) is 17.9 Å². The Bertz CT molecular complexity index is 1370. The summed E-state index contributed by atoms with van der Waals surface area (Å²) in [4.78, 5) is 41.8. The number of aldehydes is 1. The fraction of sp³-hybridized carbons (Fsp3) is 0.357. The summed E-state index contributed by atoms with van der Waals surface area (Å²) >= 11 is 7.12. The number of aromatic nitrogens is 1. The summed E-state index contributed by atoms with van der Waals surface area (Å²) in [5.74, 6) is 0.287. The van der Waals surface area contributed by atoms with Crippen molar-refractivity contribution in [2.75, 3.05) is 41.7 Å². The molecule has 0 bridgehead atoms. The van der Waals surface area contributed by atoms with E-state index in [9.17, 15) is 22.8 Å². The number of rotatable bonds is 7. The van der Waals surface area contributed by atoms with Crippen LogP contribution in [0.1, 0.15) is 45.7 Å². The summed E-state index contributed by atoms with van der Waals surface area (Å²) in [6.45, 7) is 3.81. The van der Waals surface area contributed by atoms with Gasteiger partial charge in [0.2, 0.25) is 6.29 Å². The second-order valence-electron chi connectivity index (χ2n) is 9.53. The zero-order valence-corrected chi connectivity index (χ0v) is 24.0. The Kier molecular flexibility index (Phi) is 10.8. The van der Waals surface area contributed by atoms with Crippen LogP contribution in [-0.2, 0) is 4.79 Å². The van der Waals surface area contributed by atoms with E-state index in [1.807, 2.05) is 18.2 Å². The zero-order chi connectivity index (χ0) is 30.1. The van der Waals surface area contributed by atoms with Crippen LogP contribution in [0.5, 0.6) is 5.75 Å². The number of piperidine rings is 1. The highest BCUT2D eigenvalue weighted by atomic mass is 35.5. The number of hydrogen-bond donors (Lipinski definition) is 3. The lowest BCUT2D eigenvalue weighted by atomic mass is 10.1. The van der Waals surface area contributed by atoms with Gasteiger partial charge in [-0.2, -0.15) is 13.2 Å². The predicted octanol–water partition coefficient (Wildman–Crippen LogP) is 5.78. The van der Waals surface area contributed by atoms with Crippen molar-refractivity contribution in [1.29, 1.82) is 0 Å². The van der Waals surface area contributed by atoms with E-state index in [2.05, 4.69) is 25.8 Å². The van der Waals surface area contributed by atoms with Crippen molar-refractivity contribution in [3.05, 3.63) is 63.4 Å². The maximum absolute atomic E-state index is 13.4. The molecule has 2 aromatic heterocycles. The number of carbonyl (C=O) groups is 3. The fourth-order valence-corrected chi connectivity index (χ4v) is 5.31. The molecule has 0 atom stereocenters. The van der Waals surface area contributed by atoms with Gasteiger partial charge in [-0.15, -0.1) is 11.3 Å². The van der Waals surface area contributed by atoms with Crippen molar-refractivity contribution in [2.24, 2.45) is 0 Å². The molecular weight excluding hydrogens is 595 g/mol. The van der Waals surface area contributed by atoms with Crippen LogP contribution in [0.2, 0.25) is 5.02 Å². The highest BCUT2D eigenvalue weighted by Crippen LogP contribution is 2.32. The molecule has 3 aromatic rings. The summed E-state index contributed by atoms with van der Waals surface area (Å²) in [5, 5.41) is 11.2. The van der Waals surface area contributed by atoms with Crippen LogP contribution in [-0.4, -0.2) is 61.5 Å². The topological polar surface area (TPSA) is 113 Å². The zero-order valence-electron chi connectivity index (χ0n) is 22.4. The number of amides is 2. The molecule has 9 nitrogen and oxygen atoms in total. The maximum atomic E-state index is 13.4. The molecule has 42 heavy (non-hydrogen) atoms. The van der Waals surface area contributed by atoms with E-state index in [4.69, 9.17) is 21.1 Å². The van der Waals surface area contributed by atoms with Gasteiger partial charge in [0.25, 0.3) is 11.8 Å². The molecule has 0 radical (unpaired) electrons. The molecule has 1 aromatic carbocycles. The highest BCUT2D eigenvalue weighted by Gasteiger charge is 2.25. The Balaban J connectivity index is 0.000000612. The molecule has 224 valence electrons. The van der Waals surface area contributed by atoms with Crippen LogP contribution in [0.3, 0.4) is 0 Å². The third-order valence-electron chi connectivity index (χ3n) is 6.48. The van der Waals surface area contributed by atoms with Gasteiger partial charge in [0, 0.05) is 31.0 Å². The lowest BCUT2D eigenvalue weighted by Gasteiger charge is -2.26. The first-order valence-corrected chi connectivity index (χ1v) is 14.5. The Hall–Kier alpha value is -3.68.